The van der Waals surface area contributed by atoms with Crippen LogP contribution in [0.25, 0.3) is 0 Å². The Bertz CT molecular complexity index is 719. The molecule has 1 N–H and O–H groups in total. The summed E-state index contributed by atoms with van der Waals surface area (Å²) >= 11 is 0. The van der Waals surface area contributed by atoms with E-state index in [1.54, 1.807) is 19.2 Å². The van der Waals surface area contributed by atoms with E-state index in [0.29, 0.717) is 30.4 Å². The van der Waals surface area contributed by atoms with Gasteiger partial charge in [0, 0.05) is 26.7 Å². The average molecular weight is 377 g/mol. The number of methoxy groups -OCH3 is 3. The third kappa shape index (κ3) is 4.69. The molecule has 0 aromatic heterocycles. The lowest BCUT2D eigenvalue weighted by Crippen LogP contribution is -2.40. The van der Waals surface area contributed by atoms with Gasteiger partial charge >= 0.3 is 11.9 Å². The molecular formula is C19H27N3O5. The Kier molecular flexibility index (Phi) is 7.04. The fourth-order valence-corrected chi connectivity index (χ4v) is 3.24. The highest BCUT2D eigenvalue weighted by atomic mass is 16.5. The first kappa shape index (κ1) is 20.5. The van der Waals surface area contributed by atoms with E-state index in [9.17, 15) is 9.59 Å². The molecule has 2 atom stereocenters. The molecule has 0 saturated carbocycles. The van der Waals surface area contributed by atoms with Crippen molar-refractivity contribution in [1.29, 1.82) is 0 Å². The zero-order valence-electron chi connectivity index (χ0n) is 16.4. The Morgan fingerprint density at radius 3 is 2.56 bits per heavy atom. The number of ether oxygens (including phenoxy) is 3. The van der Waals surface area contributed by atoms with E-state index >= 15 is 0 Å². The molecule has 1 fully saturated rings. The van der Waals surface area contributed by atoms with Crippen molar-refractivity contribution in [2.75, 3.05) is 41.5 Å². The Balaban J connectivity index is 2.04. The van der Waals surface area contributed by atoms with Crippen molar-refractivity contribution in [3.8, 4) is 5.75 Å². The monoisotopic (exact) mass is 377 g/mol. The molecule has 2 unspecified atom stereocenters. The number of benzene rings is 1. The number of carbonyl (C=O) groups is 2. The molecule has 0 radical (unpaired) electrons. The second-order valence-corrected chi connectivity index (χ2v) is 6.44. The van der Waals surface area contributed by atoms with Crippen molar-refractivity contribution in [2.45, 2.75) is 13.5 Å². The molecule has 0 spiro atoms. The van der Waals surface area contributed by atoms with E-state index in [0.717, 1.165) is 12.1 Å². The van der Waals surface area contributed by atoms with Crippen LogP contribution in [0.2, 0.25) is 0 Å². The molecule has 1 aromatic carbocycles. The fraction of sp³-hybridized carbons (Fsp3) is 0.526. The third-order valence-corrected chi connectivity index (χ3v) is 4.75. The van der Waals surface area contributed by atoms with Crippen LogP contribution < -0.4 is 10.1 Å². The molecule has 0 bridgehead atoms. The first-order valence-electron chi connectivity index (χ1n) is 8.73. The van der Waals surface area contributed by atoms with Crippen molar-refractivity contribution in [3.63, 3.8) is 0 Å². The maximum Gasteiger partial charge on any atom is 0.341 e. The predicted octanol–water partition coefficient (Wildman–Crippen LogP) is 1.30. The van der Waals surface area contributed by atoms with Gasteiger partial charge in [0.2, 0.25) is 0 Å². The Labute approximate surface area is 159 Å². The maximum atomic E-state index is 11.9. The minimum absolute atomic E-state index is 0.159. The van der Waals surface area contributed by atoms with Crippen LogP contribution in [0.3, 0.4) is 0 Å². The number of hydrogen-bond donors (Lipinski definition) is 1. The Morgan fingerprint density at radius 1 is 1.22 bits per heavy atom. The number of likely N-dealkylation sites (tertiary alicyclic amines) is 1. The summed E-state index contributed by atoms with van der Waals surface area (Å²) in [6.07, 6.45) is 0. The number of carbonyl (C=O) groups excluding carboxylic acids is 2. The minimum atomic E-state index is -0.443. The molecule has 8 nitrogen and oxygen atoms in total. The van der Waals surface area contributed by atoms with Crippen molar-refractivity contribution in [1.82, 2.24) is 10.2 Å². The standard InChI is InChI=1S/C19H27N3O5/c1-12-10-22(11-15(12)18(24)27-5)19(20-2)21-9-13-6-7-14(17(23)26-4)16(8-13)25-3/h6-8,12,15H,9-11H2,1-5H3,(H,20,21). The van der Waals surface area contributed by atoms with Gasteiger partial charge in [-0.15, -0.1) is 0 Å². The van der Waals surface area contributed by atoms with Crippen molar-refractivity contribution >= 4 is 17.9 Å². The molecule has 2 rings (SSSR count). The quantitative estimate of drug-likeness (QED) is 0.470. The van der Waals surface area contributed by atoms with E-state index in [-0.39, 0.29) is 17.8 Å². The topological polar surface area (TPSA) is 89.5 Å². The number of aliphatic imine (C=N–C) groups is 1. The highest BCUT2D eigenvalue weighted by Crippen LogP contribution is 2.24. The predicted molar refractivity (Wildman–Crippen MR) is 101 cm³/mol. The number of nitrogens with zero attached hydrogens (tertiary/aromatic N) is 2. The zero-order valence-corrected chi connectivity index (χ0v) is 16.4. The first-order chi connectivity index (χ1) is 12.9. The van der Waals surface area contributed by atoms with Crippen LogP contribution in [0.4, 0.5) is 0 Å². The molecule has 0 aliphatic carbocycles. The molecule has 1 aliphatic rings. The summed E-state index contributed by atoms with van der Waals surface area (Å²) in [6, 6.07) is 5.30. The van der Waals surface area contributed by atoms with E-state index in [2.05, 4.69) is 10.3 Å². The van der Waals surface area contributed by atoms with Gasteiger partial charge in [0.15, 0.2) is 5.96 Å². The van der Waals surface area contributed by atoms with Crippen LogP contribution in [0.1, 0.15) is 22.8 Å². The number of rotatable bonds is 5. The summed E-state index contributed by atoms with van der Waals surface area (Å²) in [5, 5.41) is 3.29. The first-order valence-corrected chi connectivity index (χ1v) is 8.73. The molecule has 1 aromatic rings. The van der Waals surface area contributed by atoms with E-state index in [1.165, 1.54) is 21.3 Å². The van der Waals surface area contributed by atoms with Crippen LogP contribution in [-0.4, -0.2) is 64.3 Å². The highest BCUT2D eigenvalue weighted by Gasteiger charge is 2.36. The minimum Gasteiger partial charge on any atom is -0.496 e. The summed E-state index contributed by atoms with van der Waals surface area (Å²) < 4.78 is 14.9. The van der Waals surface area contributed by atoms with Gasteiger partial charge < -0.3 is 24.4 Å². The molecule has 1 heterocycles. The summed E-state index contributed by atoms with van der Waals surface area (Å²) in [6.45, 7) is 3.83. The van der Waals surface area contributed by atoms with Gasteiger partial charge in [-0.25, -0.2) is 4.79 Å². The van der Waals surface area contributed by atoms with Crippen molar-refractivity contribution in [2.24, 2.45) is 16.8 Å². The van der Waals surface area contributed by atoms with Crippen molar-refractivity contribution < 1.29 is 23.8 Å². The maximum absolute atomic E-state index is 11.9. The van der Waals surface area contributed by atoms with Gasteiger partial charge in [0.1, 0.15) is 11.3 Å². The van der Waals surface area contributed by atoms with Crippen LogP contribution in [0.5, 0.6) is 5.75 Å². The van der Waals surface area contributed by atoms with Gasteiger partial charge in [-0.1, -0.05) is 13.0 Å². The summed E-state index contributed by atoms with van der Waals surface area (Å²) in [5.41, 5.74) is 1.31. The third-order valence-electron chi connectivity index (χ3n) is 4.75. The van der Waals surface area contributed by atoms with Gasteiger partial charge in [0.25, 0.3) is 0 Å². The second kappa shape index (κ2) is 9.25. The van der Waals surface area contributed by atoms with Gasteiger partial charge in [-0.2, -0.15) is 0 Å². The van der Waals surface area contributed by atoms with E-state index in [1.807, 2.05) is 17.9 Å². The lowest BCUT2D eigenvalue weighted by atomic mass is 9.99. The van der Waals surface area contributed by atoms with E-state index < -0.39 is 5.97 Å². The number of guanidine groups is 1. The van der Waals surface area contributed by atoms with E-state index in [4.69, 9.17) is 14.2 Å². The Hall–Kier alpha value is -2.77. The van der Waals surface area contributed by atoms with Gasteiger partial charge in [-0.05, 0) is 23.6 Å². The smallest absolute Gasteiger partial charge is 0.341 e. The molecule has 148 valence electrons. The summed E-state index contributed by atoms with van der Waals surface area (Å²) in [7, 11) is 5.96. The molecule has 8 heteroatoms. The molecule has 27 heavy (non-hydrogen) atoms. The normalized spacial score (nSPS) is 19.6. The Morgan fingerprint density at radius 2 is 1.96 bits per heavy atom. The van der Waals surface area contributed by atoms with Crippen LogP contribution in [-0.2, 0) is 20.8 Å². The molecule has 0 amide bonds. The summed E-state index contributed by atoms with van der Waals surface area (Å²) in [5.74, 6) is 0.565. The number of esters is 2. The van der Waals surface area contributed by atoms with Crippen LogP contribution in [0, 0.1) is 11.8 Å². The SMILES string of the molecule is CN=C(NCc1ccc(C(=O)OC)c(OC)c1)N1CC(C)C(C(=O)OC)C1. The summed E-state index contributed by atoms with van der Waals surface area (Å²) in [4.78, 5) is 30.0. The van der Waals surface area contributed by atoms with Crippen molar-refractivity contribution in [3.05, 3.63) is 29.3 Å². The second-order valence-electron chi connectivity index (χ2n) is 6.44. The molecule has 1 saturated heterocycles. The van der Waals surface area contributed by atoms with Crippen LogP contribution >= 0.6 is 0 Å². The van der Waals surface area contributed by atoms with Gasteiger partial charge in [-0.3, -0.25) is 9.79 Å². The molecular weight excluding hydrogens is 350 g/mol. The fourth-order valence-electron chi connectivity index (χ4n) is 3.24. The lowest BCUT2D eigenvalue weighted by Gasteiger charge is -2.21. The lowest BCUT2D eigenvalue weighted by molar-refractivity contribution is -0.145. The highest BCUT2D eigenvalue weighted by molar-refractivity contribution is 5.92. The zero-order chi connectivity index (χ0) is 20.0. The number of nitrogens with one attached hydrogen (secondary N) is 1. The number of hydrogen-bond acceptors (Lipinski definition) is 6. The molecule has 1 aliphatic heterocycles. The van der Waals surface area contributed by atoms with Crippen LogP contribution in [0.15, 0.2) is 23.2 Å². The van der Waals surface area contributed by atoms with Gasteiger partial charge in [0.05, 0.1) is 27.2 Å². The average Bonchev–Trinajstić information content (AvgIpc) is 3.08. The largest absolute Gasteiger partial charge is 0.496 e.